The number of allylic oxidation sites excluding steroid dienone is 1. The Labute approximate surface area is 141 Å². The Hall–Kier alpha value is -2.88. The van der Waals surface area contributed by atoms with Gasteiger partial charge < -0.3 is 0 Å². The minimum atomic E-state index is 0.531. The van der Waals surface area contributed by atoms with Crippen LogP contribution in [0.5, 0.6) is 0 Å². The second-order valence-electron chi connectivity index (χ2n) is 6.17. The monoisotopic (exact) mass is 314 g/mol. The van der Waals surface area contributed by atoms with Gasteiger partial charge in [-0.15, -0.1) is 0 Å². The molecule has 1 aliphatic carbocycles. The molecule has 0 amide bonds. The van der Waals surface area contributed by atoms with Crippen molar-refractivity contribution in [3.8, 4) is 11.3 Å². The van der Waals surface area contributed by atoms with Gasteiger partial charge in [-0.3, -0.25) is 0 Å². The Bertz CT molecular complexity index is 859. The third-order valence-electron chi connectivity index (χ3n) is 4.45. The first-order valence-corrected chi connectivity index (χ1v) is 8.14. The van der Waals surface area contributed by atoms with E-state index in [0.717, 1.165) is 17.0 Å². The number of aromatic nitrogens is 4. The molecule has 1 aromatic carbocycles. The quantitative estimate of drug-likeness (QED) is 0.728. The fourth-order valence-corrected chi connectivity index (χ4v) is 3.00. The van der Waals surface area contributed by atoms with E-state index in [-0.39, 0.29) is 0 Å². The van der Waals surface area contributed by atoms with Gasteiger partial charge in [0.25, 0.3) is 0 Å². The minimum absolute atomic E-state index is 0.531. The molecule has 1 saturated carbocycles. The third kappa shape index (κ3) is 3.08. The topological polar surface area (TPSA) is 51.6 Å². The van der Waals surface area contributed by atoms with Crippen LogP contribution in [-0.2, 0) is 0 Å². The lowest BCUT2D eigenvalue weighted by Crippen LogP contribution is -1.97. The maximum Gasteiger partial charge on any atom is 0.115 e. The number of benzene rings is 1. The fraction of sp³-hybridized carbons (Fsp3) is 0.200. The van der Waals surface area contributed by atoms with Gasteiger partial charge in [-0.2, -0.15) is 10.2 Å². The van der Waals surface area contributed by atoms with Gasteiger partial charge >= 0.3 is 0 Å². The Morgan fingerprint density at radius 2 is 1.83 bits per heavy atom. The van der Waals surface area contributed by atoms with E-state index in [1.807, 2.05) is 13.0 Å². The molecule has 0 radical (unpaired) electrons. The molecule has 4 rings (SSSR count). The number of hydrogen-bond acceptors (Lipinski definition) is 4. The average molecular weight is 314 g/mol. The maximum absolute atomic E-state index is 4.34. The van der Waals surface area contributed by atoms with Crippen molar-refractivity contribution in [3.05, 3.63) is 78.0 Å². The molecule has 2 aromatic heterocycles. The molecule has 0 unspecified atom stereocenters. The number of nitrogens with zero attached hydrogens (tertiary/aromatic N) is 4. The summed E-state index contributed by atoms with van der Waals surface area (Å²) < 4.78 is 0. The lowest BCUT2D eigenvalue weighted by atomic mass is 10.1. The van der Waals surface area contributed by atoms with Gasteiger partial charge in [-0.1, -0.05) is 42.5 Å². The van der Waals surface area contributed by atoms with Crippen molar-refractivity contribution < 1.29 is 0 Å². The Morgan fingerprint density at radius 3 is 2.62 bits per heavy atom. The molecule has 0 N–H and O–H groups in total. The SMILES string of the molecule is Cc1nnc(-c2cncnc2)cc1[C@H]1C[C@@H]1/C=C/c1ccccc1. The summed E-state index contributed by atoms with van der Waals surface area (Å²) >= 11 is 0. The Kier molecular flexibility index (Phi) is 3.87. The highest BCUT2D eigenvalue weighted by atomic mass is 15.1. The summed E-state index contributed by atoms with van der Waals surface area (Å²) in [5, 5.41) is 8.63. The molecule has 1 aliphatic rings. The second kappa shape index (κ2) is 6.32. The molecular weight excluding hydrogens is 296 g/mol. The number of hydrogen-bond donors (Lipinski definition) is 0. The van der Waals surface area contributed by atoms with Crippen LogP contribution in [-0.4, -0.2) is 20.2 Å². The summed E-state index contributed by atoms with van der Waals surface area (Å²) in [6.45, 7) is 2.03. The van der Waals surface area contributed by atoms with Crippen molar-refractivity contribution >= 4 is 6.08 Å². The van der Waals surface area contributed by atoms with Crippen LogP contribution in [0.3, 0.4) is 0 Å². The molecule has 4 nitrogen and oxygen atoms in total. The molecule has 0 bridgehead atoms. The molecular formula is C20H18N4. The van der Waals surface area contributed by atoms with Gasteiger partial charge in [0.2, 0.25) is 0 Å². The highest BCUT2D eigenvalue weighted by Gasteiger charge is 2.37. The molecule has 24 heavy (non-hydrogen) atoms. The third-order valence-corrected chi connectivity index (χ3v) is 4.45. The highest BCUT2D eigenvalue weighted by Crippen LogP contribution is 2.49. The first-order chi connectivity index (χ1) is 11.8. The number of aryl methyl sites for hydroxylation is 1. The second-order valence-corrected chi connectivity index (χ2v) is 6.17. The van der Waals surface area contributed by atoms with E-state index < -0.39 is 0 Å². The lowest BCUT2D eigenvalue weighted by Gasteiger charge is -2.06. The molecule has 2 atom stereocenters. The van der Waals surface area contributed by atoms with Crippen molar-refractivity contribution in [3.63, 3.8) is 0 Å². The molecule has 1 fully saturated rings. The van der Waals surface area contributed by atoms with Crippen molar-refractivity contribution in [2.75, 3.05) is 0 Å². The van der Waals surface area contributed by atoms with Crippen molar-refractivity contribution in [1.29, 1.82) is 0 Å². The first-order valence-electron chi connectivity index (χ1n) is 8.14. The number of rotatable bonds is 4. The summed E-state index contributed by atoms with van der Waals surface area (Å²) in [5.41, 5.74) is 5.29. The molecule has 0 aliphatic heterocycles. The van der Waals surface area contributed by atoms with Crippen LogP contribution in [0.1, 0.15) is 29.2 Å². The lowest BCUT2D eigenvalue weighted by molar-refractivity contribution is 0.910. The molecule has 2 heterocycles. The van der Waals surface area contributed by atoms with Crippen molar-refractivity contribution in [1.82, 2.24) is 20.2 Å². The normalized spacial score (nSPS) is 19.5. The van der Waals surface area contributed by atoms with Crippen LogP contribution in [0.4, 0.5) is 0 Å². The van der Waals surface area contributed by atoms with E-state index >= 15 is 0 Å². The van der Waals surface area contributed by atoms with E-state index in [1.54, 1.807) is 12.4 Å². The smallest absolute Gasteiger partial charge is 0.115 e. The molecule has 3 aromatic rings. The zero-order chi connectivity index (χ0) is 16.4. The predicted octanol–water partition coefficient (Wildman–Crippen LogP) is 4.06. The van der Waals surface area contributed by atoms with Crippen LogP contribution in [0.25, 0.3) is 17.3 Å². The van der Waals surface area contributed by atoms with Crippen LogP contribution < -0.4 is 0 Å². The maximum atomic E-state index is 4.34. The van der Waals surface area contributed by atoms with Crippen molar-refractivity contribution in [2.45, 2.75) is 19.3 Å². The van der Waals surface area contributed by atoms with Gasteiger partial charge in [0.05, 0.1) is 11.4 Å². The summed E-state index contributed by atoms with van der Waals surface area (Å²) in [6.07, 6.45) is 10.8. The fourth-order valence-electron chi connectivity index (χ4n) is 3.00. The summed E-state index contributed by atoms with van der Waals surface area (Å²) in [6, 6.07) is 12.6. The molecule has 0 spiro atoms. The first kappa shape index (κ1) is 14.7. The predicted molar refractivity (Wildman–Crippen MR) is 94.1 cm³/mol. The summed E-state index contributed by atoms with van der Waals surface area (Å²) in [4.78, 5) is 8.12. The van der Waals surface area contributed by atoms with Crippen LogP contribution in [0.15, 0.2) is 61.2 Å². The zero-order valence-electron chi connectivity index (χ0n) is 13.5. The highest BCUT2D eigenvalue weighted by molar-refractivity contribution is 5.58. The minimum Gasteiger partial charge on any atom is -0.244 e. The van der Waals surface area contributed by atoms with Crippen LogP contribution in [0.2, 0.25) is 0 Å². The molecule has 4 heteroatoms. The van der Waals surface area contributed by atoms with Crippen LogP contribution in [0, 0.1) is 12.8 Å². The van der Waals surface area contributed by atoms with Crippen molar-refractivity contribution in [2.24, 2.45) is 5.92 Å². The van der Waals surface area contributed by atoms with Gasteiger partial charge in [0.1, 0.15) is 6.33 Å². The van der Waals surface area contributed by atoms with Gasteiger partial charge in [-0.05, 0) is 42.4 Å². The van der Waals surface area contributed by atoms with E-state index in [4.69, 9.17) is 0 Å². The van der Waals surface area contributed by atoms with Crippen LogP contribution >= 0.6 is 0 Å². The zero-order valence-corrected chi connectivity index (χ0v) is 13.5. The summed E-state index contributed by atoms with van der Waals surface area (Å²) in [5.74, 6) is 1.11. The largest absolute Gasteiger partial charge is 0.244 e. The Balaban J connectivity index is 1.54. The molecule has 118 valence electrons. The van der Waals surface area contributed by atoms with E-state index in [9.17, 15) is 0 Å². The average Bonchev–Trinajstić information content (AvgIpc) is 3.41. The standard InChI is InChI=1S/C20H18N4/c1-14-18(10-20(24-23-14)17-11-21-13-22-12-17)19-9-16(19)8-7-15-5-3-2-4-6-15/h2-8,10-13,16,19H,9H2,1H3/b8-7+/t16-,19-/m0/s1. The van der Waals surface area contributed by atoms with Gasteiger partial charge in [0.15, 0.2) is 0 Å². The Morgan fingerprint density at radius 1 is 1.04 bits per heavy atom. The molecule has 0 saturated heterocycles. The van der Waals surface area contributed by atoms with E-state index in [0.29, 0.717) is 11.8 Å². The summed E-state index contributed by atoms with van der Waals surface area (Å²) in [7, 11) is 0. The van der Waals surface area contributed by atoms with E-state index in [1.165, 1.54) is 23.9 Å². The van der Waals surface area contributed by atoms with Gasteiger partial charge in [-0.25, -0.2) is 9.97 Å². The van der Waals surface area contributed by atoms with E-state index in [2.05, 4.69) is 62.6 Å². The van der Waals surface area contributed by atoms with Gasteiger partial charge in [0, 0.05) is 18.0 Å².